The molecule has 1 aliphatic heterocycles. The number of hydrogen-bond donors (Lipinski definition) is 3. The highest BCUT2D eigenvalue weighted by molar-refractivity contribution is 8.27. The number of rotatable bonds is 7. The molecule has 0 aromatic heterocycles. The van der Waals surface area contributed by atoms with Crippen LogP contribution in [0.2, 0.25) is 0 Å². The first kappa shape index (κ1) is 18.7. The minimum absolute atomic E-state index is 0.0459. The predicted molar refractivity (Wildman–Crippen MR) is 108 cm³/mol. The van der Waals surface area contributed by atoms with Gasteiger partial charge >= 0.3 is 0 Å². The second kappa shape index (κ2) is 7.67. The largest absolute Gasteiger partial charge is 0.308 e. The van der Waals surface area contributed by atoms with E-state index >= 15 is 0 Å². The maximum atomic E-state index is 12.1. The molecule has 0 bridgehead atoms. The minimum atomic E-state index is -3.27. The summed E-state index contributed by atoms with van der Waals surface area (Å²) in [6.45, 7) is 4.51. The normalized spacial score (nSPS) is 16.7. The van der Waals surface area contributed by atoms with Crippen molar-refractivity contribution in [1.82, 2.24) is 5.32 Å². The van der Waals surface area contributed by atoms with Crippen molar-refractivity contribution in [1.29, 1.82) is 0 Å². The lowest BCUT2D eigenvalue weighted by Crippen LogP contribution is -2.35. The van der Waals surface area contributed by atoms with Crippen LogP contribution in [0.3, 0.4) is 0 Å². The number of nitrogens with one attached hydrogen (secondary N) is 1. The number of Topliss-reactive ketones (excluding diaryl/α,β-unsaturated/α-hetero) is 1. The van der Waals surface area contributed by atoms with E-state index < -0.39 is 11.0 Å². The number of benzene rings is 2. The minimum Gasteiger partial charge on any atom is -0.308 e. The van der Waals surface area contributed by atoms with Gasteiger partial charge in [-0.05, 0) is 35.2 Å². The Kier molecular flexibility index (Phi) is 5.52. The Bertz CT molecular complexity index is 768. The molecule has 140 valence electrons. The van der Waals surface area contributed by atoms with Crippen molar-refractivity contribution in [2.24, 2.45) is 0 Å². The van der Waals surface area contributed by atoms with Crippen LogP contribution in [0, 0.1) is 0 Å². The number of carbonyl (C=O) groups excluding carboxylic acids is 1. The van der Waals surface area contributed by atoms with E-state index in [4.69, 9.17) is 0 Å². The highest BCUT2D eigenvalue weighted by Crippen LogP contribution is 2.63. The Morgan fingerprint density at radius 3 is 2.31 bits per heavy atom. The van der Waals surface area contributed by atoms with Gasteiger partial charge in [-0.1, -0.05) is 44.2 Å². The number of ketones is 1. The molecule has 1 heterocycles. The van der Waals surface area contributed by atoms with Gasteiger partial charge < -0.3 is 5.32 Å². The number of fused-ring (bicyclic) bond motifs is 1. The van der Waals surface area contributed by atoms with Crippen LogP contribution < -0.4 is 13.9 Å². The second-order valence-corrected chi connectivity index (χ2v) is 8.32. The lowest BCUT2D eigenvalue weighted by molar-refractivity contribution is -0.118. The van der Waals surface area contributed by atoms with Gasteiger partial charge in [0.05, 0.1) is 23.6 Å². The van der Waals surface area contributed by atoms with Crippen LogP contribution in [0.5, 0.6) is 0 Å². The summed E-state index contributed by atoms with van der Waals surface area (Å²) in [4.78, 5) is 12.1. The monoisotopic (exact) mass is 375 g/mol. The van der Waals surface area contributed by atoms with Crippen molar-refractivity contribution in [3.05, 3.63) is 54.6 Å². The lowest BCUT2D eigenvalue weighted by atomic mass is 10.2. The summed E-state index contributed by atoms with van der Waals surface area (Å²) in [6, 6.07) is 17.0. The quantitative estimate of drug-likeness (QED) is 0.674. The molecule has 0 spiro atoms. The SMILES string of the molecule is CC(C)NCC(=O)CCN1c2ccccc2N(c2ccccc2)S1(O)O. The molecule has 0 amide bonds. The van der Waals surface area contributed by atoms with Crippen LogP contribution in [0.15, 0.2) is 54.6 Å². The smallest absolute Gasteiger partial charge is 0.148 e. The third kappa shape index (κ3) is 3.71. The number of carbonyl (C=O) groups is 1. The van der Waals surface area contributed by atoms with E-state index in [0.29, 0.717) is 5.69 Å². The van der Waals surface area contributed by atoms with E-state index in [1.165, 1.54) is 0 Å². The van der Waals surface area contributed by atoms with Crippen molar-refractivity contribution in [2.45, 2.75) is 26.3 Å². The van der Waals surface area contributed by atoms with Crippen molar-refractivity contribution >= 4 is 33.8 Å². The highest BCUT2D eigenvalue weighted by atomic mass is 32.3. The van der Waals surface area contributed by atoms with Gasteiger partial charge in [0.1, 0.15) is 5.78 Å². The topological polar surface area (TPSA) is 76.0 Å². The van der Waals surface area contributed by atoms with Gasteiger partial charge in [-0.25, -0.2) is 4.31 Å². The lowest BCUT2D eigenvalue weighted by Gasteiger charge is -2.43. The predicted octanol–water partition coefficient (Wildman–Crippen LogP) is 4.18. The molecule has 0 saturated carbocycles. The fraction of sp³-hybridized carbons (Fsp3) is 0.316. The van der Waals surface area contributed by atoms with Gasteiger partial charge in [0.2, 0.25) is 0 Å². The molecule has 0 unspecified atom stereocenters. The highest BCUT2D eigenvalue weighted by Gasteiger charge is 2.41. The van der Waals surface area contributed by atoms with Crippen LogP contribution in [-0.2, 0) is 4.79 Å². The molecule has 0 aliphatic carbocycles. The molecule has 1 aliphatic rings. The Balaban J connectivity index is 1.83. The molecule has 3 rings (SSSR count). The van der Waals surface area contributed by atoms with Crippen molar-refractivity contribution in [3.8, 4) is 0 Å². The zero-order valence-corrected chi connectivity index (χ0v) is 15.8. The van der Waals surface area contributed by atoms with Crippen LogP contribution in [0.4, 0.5) is 17.1 Å². The van der Waals surface area contributed by atoms with Crippen LogP contribution >= 0.6 is 11.0 Å². The molecule has 2 aromatic carbocycles. The number of hydrogen-bond acceptors (Lipinski definition) is 6. The third-order valence-corrected chi connectivity index (χ3v) is 6.07. The van der Waals surface area contributed by atoms with Gasteiger partial charge in [-0.15, -0.1) is 0 Å². The van der Waals surface area contributed by atoms with E-state index in [1.807, 2.05) is 68.4 Å². The van der Waals surface area contributed by atoms with Crippen LogP contribution in [0.1, 0.15) is 20.3 Å². The third-order valence-electron chi connectivity index (χ3n) is 4.20. The average molecular weight is 375 g/mol. The van der Waals surface area contributed by atoms with E-state index in [-0.39, 0.29) is 31.3 Å². The van der Waals surface area contributed by atoms with E-state index in [0.717, 1.165) is 11.4 Å². The molecule has 26 heavy (non-hydrogen) atoms. The summed E-state index contributed by atoms with van der Waals surface area (Å²) in [5, 5.41) is 3.10. The Hall–Kier alpha value is -2.06. The Morgan fingerprint density at radius 2 is 1.65 bits per heavy atom. The second-order valence-electron chi connectivity index (χ2n) is 6.53. The summed E-state index contributed by atoms with van der Waals surface area (Å²) in [7, 11) is -3.27. The molecule has 0 fully saturated rings. The van der Waals surface area contributed by atoms with Crippen molar-refractivity contribution in [2.75, 3.05) is 21.7 Å². The summed E-state index contributed by atoms with van der Waals surface area (Å²) >= 11 is 0. The van der Waals surface area contributed by atoms with Crippen molar-refractivity contribution < 1.29 is 13.9 Å². The molecule has 0 atom stereocenters. The molecular weight excluding hydrogens is 350 g/mol. The summed E-state index contributed by atoms with van der Waals surface area (Å²) in [6.07, 6.45) is 0.243. The van der Waals surface area contributed by atoms with E-state index in [2.05, 4.69) is 5.32 Å². The molecule has 0 saturated heterocycles. The summed E-state index contributed by atoms with van der Waals surface area (Å²) in [5.41, 5.74) is 2.16. The number of para-hydroxylation sites is 3. The fourth-order valence-electron chi connectivity index (χ4n) is 2.93. The van der Waals surface area contributed by atoms with Gasteiger partial charge in [-0.3, -0.25) is 18.2 Å². The Morgan fingerprint density at radius 1 is 1.04 bits per heavy atom. The first-order chi connectivity index (χ1) is 12.4. The first-order valence-corrected chi connectivity index (χ1v) is 10.1. The maximum Gasteiger partial charge on any atom is 0.148 e. The summed E-state index contributed by atoms with van der Waals surface area (Å²) in [5.74, 6) is 0.0459. The van der Waals surface area contributed by atoms with E-state index in [9.17, 15) is 13.9 Å². The van der Waals surface area contributed by atoms with Gasteiger partial charge in [0.25, 0.3) is 0 Å². The van der Waals surface area contributed by atoms with Crippen LogP contribution in [-0.4, -0.2) is 34.0 Å². The van der Waals surface area contributed by atoms with Gasteiger partial charge in [0, 0.05) is 19.0 Å². The van der Waals surface area contributed by atoms with Gasteiger partial charge in [-0.2, -0.15) is 0 Å². The maximum absolute atomic E-state index is 12.1. The molecule has 2 aromatic rings. The van der Waals surface area contributed by atoms with Gasteiger partial charge in [0.15, 0.2) is 0 Å². The molecule has 0 radical (unpaired) electrons. The van der Waals surface area contributed by atoms with E-state index in [1.54, 1.807) is 8.61 Å². The first-order valence-electron chi connectivity index (χ1n) is 8.66. The molecular formula is C19H25N3O3S. The number of anilines is 3. The standard InChI is InChI=1S/C19H25N3O3S/c1-15(2)20-14-17(23)12-13-21-18-10-6-7-11-19(18)22(26(21,24)25)16-8-4-3-5-9-16/h3-11,15,20,24-25H,12-14H2,1-2H3. The molecule has 7 heteroatoms. The van der Waals surface area contributed by atoms with Crippen molar-refractivity contribution in [3.63, 3.8) is 0 Å². The fourth-order valence-corrected chi connectivity index (χ4v) is 4.70. The van der Waals surface area contributed by atoms with Crippen LogP contribution in [0.25, 0.3) is 0 Å². The molecule has 3 N–H and O–H groups in total. The zero-order chi connectivity index (χ0) is 18.7. The molecule has 6 nitrogen and oxygen atoms in total. The zero-order valence-electron chi connectivity index (χ0n) is 15.0. The summed E-state index contributed by atoms with van der Waals surface area (Å²) < 4.78 is 25.1. The number of nitrogens with zero attached hydrogens (tertiary/aromatic N) is 2. The average Bonchev–Trinajstić information content (AvgIpc) is 2.84. The Labute approximate surface area is 156 Å².